The lowest BCUT2D eigenvalue weighted by Gasteiger charge is -2.22. The number of hydrogen-bond acceptors (Lipinski definition) is 6. The van der Waals surface area contributed by atoms with E-state index in [1.165, 1.54) is 0 Å². The van der Waals surface area contributed by atoms with Crippen LogP contribution in [0.25, 0.3) is 11.4 Å². The Hall–Kier alpha value is -3.06. The van der Waals surface area contributed by atoms with Gasteiger partial charge in [0.15, 0.2) is 0 Å². The molecule has 1 aliphatic rings. The number of benzene rings is 2. The molecule has 2 heterocycles. The Morgan fingerprint density at radius 2 is 1.97 bits per heavy atom. The van der Waals surface area contributed by atoms with Crippen LogP contribution in [-0.4, -0.2) is 41.7 Å². The fourth-order valence-electron chi connectivity index (χ4n) is 3.68. The number of aromatic nitrogens is 2. The fourth-order valence-corrected chi connectivity index (χ4v) is 3.87. The smallest absolute Gasteiger partial charge is 0.249 e. The molecule has 1 aromatic heterocycles. The van der Waals surface area contributed by atoms with Crippen LogP contribution in [0, 0.1) is 0 Å². The van der Waals surface area contributed by atoms with Gasteiger partial charge in [-0.05, 0) is 42.7 Å². The highest BCUT2D eigenvalue weighted by Gasteiger charge is 2.34. The second-order valence-electron chi connectivity index (χ2n) is 7.11. The zero-order valence-electron chi connectivity index (χ0n) is 16.8. The van der Waals surface area contributed by atoms with Crippen LogP contribution in [0.15, 0.2) is 47.0 Å². The van der Waals surface area contributed by atoms with Crippen molar-refractivity contribution in [2.75, 3.05) is 20.8 Å². The molecule has 4 rings (SSSR count). The van der Waals surface area contributed by atoms with Crippen molar-refractivity contribution < 1.29 is 18.8 Å². The molecular weight excluding hydrogens is 406 g/mol. The van der Waals surface area contributed by atoms with Gasteiger partial charge in [-0.3, -0.25) is 4.79 Å². The summed E-state index contributed by atoms with van der Waals surface area (Å²) in [5.41, 5.74) is 1.60. The Labute approximate surface area is 179 Å². The van der Waals surface area contributed by atoms with Crippen molar-refractivity contribution in [3.05, 3.63) is 58.9 Å². The maximum Gasteiger partial charge on any atom is 0.249 e. The van der Waals surface area contributed by atoms with E-state index >= 15 is 0 Å². The first-order valence-corrected chi connectivity index (χ1v) is 10.1. The Morgan fingerprint density at radius 3 is 2.67 bits per heavy atom. The molecule has 1 amide bonds. The summed E-state index contributed by atoms with van der Waals surface area (Å²) < 4.78 is 16.1. The lowest BCUT2D eigenvalue weighted by atomic mass is 10.1. The quantitative estimate of drug-likeness (QED) is 0.583. The second kappa shape index (κ2) is 8.75. The van der Waals surface area contributed by atoms with Gasteiger partial charge >= 0.3 is 0 Å². The molecule has 156 valence electrons. The van der Waals surface area contributed by atoms with Crippen molar-refractivity contribution in [2.24, 2.45) is 0 Å². The fraction of sp³-hybridized carbons (Fsp3) is 0.318. The first-order valence-electron chi connectivity index (χ1n) is 9.68. The highest BCUT2D eigenvalue weighted by Crippen LogP contribution is 2.33. The summed E-state index contributed by atoms with van der Waals surface area (Å²) in [5, 5.41) is 4.68. The minimum absolute atomic E-state index is 0.00434. The van der Waals surface area contributed by atoms with E-state index in [9.17, 15) is 4.79 Å². The average molecular weight is 428 g/mol. The van der Waals surface area contributed by atoms with Crippen molar-refractivity contribution in [1.82, 2.24) is 15.0 Å². The third-order valence-corrected chi connectivity index (χ3v) is 5.38. The Kier molecular flexibility index (Phi) is 5.90. The largest absolute Gasteiger partial charge is 0.497 e. The van der Waals surface area contributed by atoms with E-state index in [-0.39, 0.29) is 18.4 Å². The Bertz CT molecular complexity index is 1030. The third-order valence-electron chi connectivity index (χ3n) is 5.15. The van der Waals surface area contributed by atoms with Crippen LogP contribution in [0.2, 0.25) is 5.02 Å². The van der Waals surface area contributed by atoms with Gasteiger partial charge in [0.2, 0.25) is 17.6 Å². The molecule has 2 aromatic carbocycles. The molecule has 3 aromatic rings. The molecule has 8 heteroatoms. The van der Waals surface area contributed by atoms with Crippen LogP contribution in [0.4, 0.5) is 0 Å². The summed E-state index contributed by atoms with van der Waals surface area (Å²) >= 11 is 6.06. The molecular formula is C22H22ClN3O4. The summed E-state index contributed by atoms with van der Waals surface area (Å²) in [5.74, 6) is 2.20. The summed E-state index contributed by atoms with van der Waals surface area (Å²) in [6, 6.07) is 12.5. The molecule has 7 nitrogen and oxygen atoms in total. The van der Waals surface area contributed by atoms with E-state index in [0.29, 0.717) is 34.8 Å². The molecule has 0 N–H and O–H groups in total. The predicted octanol–water partition coefficient (Wildman–Crippen LogP) is 4.31. The molecule has 30 heavy (non-hydrogen) atoms. The minimum Gasteiger partial charge on any atom is -0.497 e. The van der Waals surface area contributed by atoms with Gasteiger partial charge < -0.3 is 18.9 Å². The molecule has 0 radical (unpaired) electrons. The van der Waals surface area contributed by atoms with Gasteiger partial charge in [0.05, 0.1) is 20.6 Å². The summed E-state index contributed by atoms with van der Waals surface area (Å²) in [6.07, 6.45) is 1.90. The van der Waals surface area contributed by atoms with Gasteiger partial charge in [-0.15, -0.1) is 0 Å². The standard InChI is InChI=1S/C22H22ClN3O4/c1-28-17-9-14(10-18(13-17)29-2)11-20(27)26-8-4-7-19(26)22-24-21(25-30-22)15-5-3-6-16(23)12-15/h3,5-6,9-10,12-13,19H,4,7-8,11H2,1-2H3/t19-/m0/s1. The summed E-state index contributed by atoms with van der Waals surface area (Å²) in [7, 11) is 3.17. The van der Waals surface area contributed by atoms with Crippen LogP contribution >= 0.6 is 11.6 Å². The third kappa shape index (κ3) is 4.26. The highest BCUT2D eigenvalue weighted by atomic mass is 35.5. The van der Waals surface area contributed by atoms with E-state index < -0.39 is 0 Å². The SMILES string of the molecule is COc1cc(CC(=O)N2CCC[C@H]2c2nc(-c3cccc(Cl)c3)no2)cc(OC)c1. The lowest BCUT2D eigenvalue weighted by Crippen LogP contribution is -2.32. The first-order chi connectivity index (χ1) is 14.6. The molecule has 1 saturated heterocycles. The molecule has 0 aliphatic carbocycles. The van der Waals surface area contributed by atoms with Crippen molar-refractivity contribution in [3.63, 3.8) is 0 Å². The number of rotatable bonds is 6. The van der Waals surface area contributed by atoms with Crippen LogP contribution < -0.4 is 9.47 Å². The molecule has 1 aliphatic heterocycles. The van der Waals surface area contributed by atoms with Crippen LogP contribution in [-0.2, 0) is 11.2 Å². The number of amides is 1. The molecule has 0 unspecified atom stereocenters. The number of ether oxygens (including phenoxy) is 2. The van der Waals surface area contributed by atoms with E-state index in [1.54, 1.807) is 37.3 Å². The molecule has 1 fully saturated rings. The number of nitrogens with zero attached hydrogens (tertiary/aromatic N) is 3. The number of hydrogen-bond donors (Lipinski definition) is 0. The van der Waals surface area contributed by atoms with Gasteiger partial charge in [-0.1, -0.05) is 28.9 Å². The minimum atomic E-state index is -0.231. The number of methoxy groups -OCH3 is 2. The topological polar surface area (TPSA) is 77.7 Å². The van der Waals surface area contributed by atoms with Gasteiger partial charge in [-0.2, -0.15) is 4.98 Å². The first kappa shape index (κ1) is 20.2. The highest BCUT2D eigenvalue weighted by molar-refractivity contribution is 6.30. The van der Waals surface area contributed by atoms with E-state index in [4.69, 9.17) is 25.6 Å². The summed E-state index contributed by atoms with van der Waals surface area (Å²) in [4.78, 5) is 19.4. The zero-order chi connectivity index (χ0) is 21.1. The molecule has 0 spiro atoms. The van der Waals surface area contributed by atoms with E-state index in [2.05, 4.69) is 10.1 Å². The van der Waals surface area contributed by atoms with Crippen molar-refractivity contribution >= 4 is 17.5 Å². The van der Waals surface area contributed by atoms with Crippen LogP contribution in [0.5, 0.6) is 11.5 Å². The predicted molar refractivity (Wildman–Crippen MR) is 112 cm³/mol. The average Bonchev–Trinajstić information content (AvgIpc) is 3.43. The van der Waals surface area contributed by atoms with Gasteiger partial charge in [-0.25, -0.2) is 0 Å². The van der Waals surface area contributed by atoms with Crippen molar-refractivity contribution in [1.29, 1.82) is 0 Å². The lowest BCUT2D eigenvalue weighted by molar-refractivity contribution is -0.131. The summed E-state index contributed by atoms with van der Waals surface area (Å²) in [6.45, 7) is 0.652. The zero-order valence-corrected chi connectivity index (χ0v) is 17.6. The van der Waals surface area contributed by atoms with Gasteiger partial charge in [0, 0.05) is 23.2 Å². The number of likely N-dealkylation sites (tertiary alicyclic amines) is 1. The van der Waals surface area contributed by atoms with E-state index in [1.807, 2.05) is 24.3 Å². The van der Waals surface area contributed by atoms with Crippen molar-refractivity contribution in [2.45, 2.75) is 25.3 Å². The van der Waals surface area contributed by atoms with Crippen LogP contribution in [0.3, 0.4) is 0 Å². The molecule has 1 atom stereocenters. The molecule has 0 bridgehead atoms. The Morgan fingerprint density at radius 1 is 1.20 bits per heavy atom. The second-order valence-corrected chi connectivity index (χ2v) is 7.55. The molecule has 0 saturated carbocycles. The maximum atomic E-state index is 13.1. The number of halogens is 1. The Balaban J connectivity index is 1.52. The normalized spacial score (nSPS) is 16.0. The number of carbonyl (C=O) groups excluding carboxylic acids is 1. The van der Waals surface area contributed by atoms with E-state index in [0.717, 1.165) is 24.0 Å². The number of carbonyl (C=O) groups is 1. The maximum absolute atomic E-state index is 13.1. The van der Waals surface area contributed by atoms with Gasteiger partial charge in [0.1, 0.15) is 17.5 Å². The van der Waals surface area contributed by atoms with Gasteiger partial charge in [0.25, 0.3) is 0 Å². The van der Waals surface area contributed by atoms with Crippen molar-refractivity contribution in [3.8, 4) is 22.9 Å². The monoisotopic (exact) mass is 427 g/mol. The van der Waals surface area contributed by atoms with Crippen LogP contribution in [0.1, 0.15) is 30.3 Å².